The minimum Gasteiger partial charge on any atom is -0.386 e. The van der Waals surface area contributed by atoms with Gasteiger partial charge >= 0.3 is 0 Å². The van der Waals surface area contributed by atoms with E-state index in [0.717, 1.165) is 23.7 Å². The molecule has 0 radical (unpaired) electrons. The summed E-state index contributed by atoms with van der Waals surface area (Å²) in [4.78, 5) is 0. The molecule has 0 aromatic heterocycles. The maximum atomic E-state index is 10.2. The van der Waals surface area contributed by atoms with Crippen LogP contribution in [-0.2, 0) is 0 Å². The van der Waals surface area contributed by atoms with Gasteiger partial charge in [-0.15, -0.1) is 0 Å². The van der Waals surface area contributed by atoms with E-state index in [1.54, 1.807) is 0 Å². The summed E-state index contributed by atoms with van der Waals surface area (Å²) in [6.07, 6.45) is 8.13. The van der Waals surface area contributed by atoms with Gasteiger partial charge in [0.2, 0.25) is 0 Å². The molecule has 0 saturated carbocycles. The first kappa shape index (κ1) is 14.5. The topological polar surface area (TPSA) is 20.2 Å². The summed E-state index contributed by atoms with van der Waals surface area (Å²) in [5, 5.41) is 11.2. The molecule has 0 aliphatic rings. The van der Waals surface area contributed by atoms with Crippen molar-refractivity contribution in [3.8, 4) is 0 Å². The molecule has 0 fully saturated rings. The molecule has 2 heteroatoms. The molecule has 0 saturated heterocycles. The van der Waals surface area contributed by atoms with E-state index < -0.39 is 5.60 Å². The molecule has 0 heterocycles. The minimum atomic E-state index is -0.692. The van der Waals surface area contributed by atoms with Crippen molar-refractivity contribution in [1.82, 2.24) is 0 Å². The fourth-order valence-electron chi connectivity index (χ4n) is 1.68. The fraction of sp³-hybridized carbons (Fsp3) is 0.467. The van der Waals surface area contributed by atoms with Crippen LogP contribution in [0.4, 0.5) is 0 Å². The van der Waals surface area contributed by atoms with E-state index in [1.807, 2.05) is 49.4 Å². The molecule has 1 aromatic carbocycles. The lowest BCUT2D eigenvalue weighted by molar-refractivity contribution is 0.0995. The van der Waals surface area contributed by atoms with Crippen molar-refractivity contribution in [2.45, 2.75) is 38.2 Å². The Bertz CT molecular complexity index is 330. The lowest BCUT2D eigenvalue weighted by atomic mass is 9.97. The summed E-state index contributed by atoms with van der Waals surface area (Å²) in [7, 11) is 0. The van der Waals surface area contributed by atoms with Crippen LogP contribution in [0.1, 0.15) is 38.2 Å². The molecular formula is C15H21BrO. The van der Waals surface area contributed by atoms with Gasteiger partial charge in [0.1, 0.15) is 0 Å². The normalized spacial score (nSPS) is 15.0. The number of benzene rings is 1. The number of aliphatic hydroxyl groups is 1. The monoisotopic (exact) mass is 296 g/mol. The Morgan fingerprint density at radius 1 is 1.18 bits per heavy atom. The fourth-order valence-corrected chi connectivity index (χ4v) is 2.07. The SMILES string of the molecule is CC(O)(/C=C/c1ccccc1)CCCCCBr. The molecule has 0 spiro atoms. The Kier molecular flexibility index (Phi) is 6.53. The lowest BCUT2D eigenvalue weighted by Crippen LogP contribution is -2.20. The molecule has 94 valence electrons. The standard InChI is InChI=1S/C15H21BrO/c1-15(17,11-6-3-7-13-16)12-10-14-8-4-2-5-9-14/h2,4-5,8-10,12,17H,3,6-7,11,13H2,1H3/b12-10+. The van der Waals surface area contributed by atoms with Gasteiger partial charge in [0.25, 0.3) is 0 Å². The van der Waals surface area contributed by atoms with E-state index in [1.165, 1.54) is 12.8 Å². The third-order valence-electron chi connectivity index (χ3n) is 2.75. The van der Waals surface area contributed by atoms with Crippen LogP contribution >= 0.6 is 15.9 Å². The first-order chi connectivity index (χ1) is 8.14. The number of rotatable bonds is 7. The highest BCUT2D eigenvalue weighted by molar-refractivity contribution is 9.09. The average Bonchev–Trinajstić information content (AvgIpc) is 2.34. The minimum absolute atomic E-state index is 0.692. The third-order valence-corrected chi connectivity index (χ3v) is 3.31. The molecule has 1 atom stereocenters. The van der Waals surface area contributed by atoms with Gasteiger partial charge in [0.05, 0.1) is 5.60 Å². The van der Waals surface area contributed by atoms with Crippen LogP contribution in [0.25, 0.3) is 6.08 Å². The van der Waals surface area contributed by atoms with Crippen molar-refractivity contribution < 1.29 is 5.11 Å². The predicted octanol–water partition coefficient (Wildman–Crippen LogP) is 4.41. The van der Waals surface area contributed by atoms with Crippen LogP contribution in [0.15, 0.2) is 36.4 Å². The smallest absolute Gasteiger partial charge is 0.0802 e. The van der Waals surface area contributed by atoms with Crippen molar-refractivity contribution in [3.63, 3.8) is 0 Å². The van der Waals surface area contributed by atoms with Crippen molar-refractivity contribution in [3.05, 3.63) is 42.0 Å². The van der Waals surface area contributed by atoms with Crippen molar-refractivity contribution >= 4 is 22.0 Å². The van der Waals surface area contributed by atoms with E-state index >= 15 is 0 Å². The zero-order chi connectivity index (χ0) is 12.6. The second-order valence-corrected chi connectivity index (χ2v) is 5.39. The van der Waals surface area contributed by atoms with Gasteiger partial charge in [-0.2, -0.15) is 0 Å². The van der Waals surface area contributed by atoms with Gasteiger partial charge < -0.3 is 5.11 Å². The molecule has 17 heavy (non-hydrogen) atoms. The Labute approximate surface area is 113 Å². The maximum Gasteiger partial charge on any atom is 0.0802 e. The number of halogens is 1. The van der Waals surface area contributed by atoms with Crippen LogP contribution in [0.2, 0.25) is 0 Å². The Hall–Kier alpha value is -0.600. The van der Waals surface area contributed by atoms with Gasteiger partial charge in [0, 0.05) is 5.33 Å². The zero-order valence-electron chi connectivity index (χ0n) is 10.4. The highest BCUT2D eigenvalue weighted by Gasteiger charge is 2.14. The summed E-state index contributed by atoms with van der Waals surface area (Å²) in [5.74, 6) is 0. The summed E-state index contributed by atoms with van der Waals surface area (Å²) < 4.78 is 0. The number of hydrogen-bond acceptors (Lipinski definition) is 1. The second-order valence-electron chi connectivity index (χ2n) is 4.60. The largest absolute Gasteiger partial charge is 0.386 e. The maximum absolute atomic E-state index is 10.2. The van der Waals surface area contributed by atoms with Crippen LogP contribution in [0.5, 0.6) is 0 Å². The Morgan fingerprint density at radius 3 is 2.53 bits per heavy atom. The highest BCUT2D eigenvalue weighted by atomic mass is 79.9. The van der Waals surface area contributed by atoms with E-state index in [0.29, 0.717) is 0 Å². The van der Waals surface area contributed by atoms with Gasteiger partial charge in [-0.3, -0.25) is 0 Å². The van der Waals surface area contributed by atoms with E-state index in [2.05, 4.69) is 15.9 Å². The number of alkyl halides is 1. The van der Waals surface area contributed by atoms with Gasteiger partial charge in [0.15, 0.2) is 0 Å². The summed E-state index contributed by atoms with van der Waals surface area (Å²) in [6, 6.07) is 10.1. The zero-order valence-corrected chi connectivity index (χ0v) is 12.0. The van der Waals surface area contributed by atoms with Crippen LogP contribution < -0.4 is 0 Å². The molecule has 0 amide bonds. The molecule has 0 aliphatic heterocycles. The average molecular weight is 297 g/mol. The van der Waals surface area contributed by atoms with Crippen LogP contribution in [0, 0.1) is 0 Å². The van der Waals surface area contributed by atoms with Crippen LogP contribution in [-0.4, -0.2) is 16.0 Å². The molecule has 1 aromatic rings. The second kappa shape index (κ2) is 7.67. The van der Waals surface area contributed by atoms with Crippen molar-refractivity contribution in [2.24, 2.45) is 0 Å². The van der Waals surface area contributed by atoms with Gasteiger partial charge in [-0.25, -0.2) is 0 Å². The first-order valence-corrected chi connectivity index (χ1v) is 7.29. The van der Waals surface area contributed by atoms with E-state index in [4.69, 9.17) is 0 Å². The number of unbranched alkanes of at least 4 members (excludes halogenated alkanes) is 2. The molecule has 1 rings (SSSR count). The molecule has 1 N–H and O–H groups in total. The van der Waals surface area contributed by atoms with Crippen molar-refractivity contribution in [1.29, 1.82) is 0 Å². The van der Waals surface area contributed by atoms with Gasteiger partial charge in [-0.05, 0) is 25.3 Å². The van der Waals surface area contributed by atoms with E-state index in [9.17, 15) is 5.11 Å². The molecule has 1 unspecified atom stereocenters. The Morgan fingerprint density at radius 2 is 1.88 bits per heavy atom. The van der Waals surface area contributed by atoms with Crippen LogP contribution in [0.3, 0.4) is 0 Å². The van der Waals surface area contributed by atoms with Gasteiger partial charge in [-0.1, -0.05) is 71.3 Å². The Balaban J connectivity index is 2.40. The molecular weight excluding hydrogens is 276 g/mol. The highest BCUT2D eigenvalue weighted by Crippen LogP contribution is 2.18. The predicted molar refractivity (Wildman–Crippen MR) is 78.4 cm³/mol. The lowest BCUT2D eigenvalue weighted by Gasteiger charge is -2.18. The quantitative estimate of drug-likeness (QED) is 0.584. The summed E-state index contributed by atoms with van der Waals surface area (Å²) in [5.41, 5.74) is 0.440. The molecule has 0 bridgehead atoms. The first-order valence-electron chi connectivity index (χ1n) is 6.17. The third kappa shape index (κ3) is 6.64. The summed E-state index contributed by atoms with van der Waals surface area (Å²) in [6.45, 7) is 1.88. The van der Waals surface area contributed by atoms with E-state index in [-0.39, 0.29) is 0 Å². The summed E-state index contributed by atoms with van der Waals surface area (Å²) >= 11 is 3.41. The molecule has 1 nitrogen and oxygen atoms in total. The van der Waals surface area contributed by atoms with Crippen molar-refractivity contribution in [2.75, 3.05) is 5.33 Å². The molecule has 0 aliphatic carbocycles. The number of hydrogen-bond donors (Lipinski definition) is 1.